The van der Waals surface area contributed by atoms with E-state index in [2.05, 4.69) is 5.32 Å². The number of nitrogens with one attached hydrogen (secondary N) is 1. The van der Waals surface area contributed by atoms with E-state index in [4.69, 9.17) is 5.14 Å². The highest BCUT2D eigenvalue weighted by Crippen LogP contribution is 2.19. The summed E-state index contributed by atoms with van der Waals surface area (Å²) in [6, 6.07) is 6.91. The Bertz CT molecular complexity index is 442. The van der Waals surface area contributed by atoms with Gasteiger partial charge in [-0.2, -0.15) is 0 Å². The first-order valence-corrected chi connectivity index (χ1v) is 7.16. The Hall–Kier alpha value is -1.11. The minimum atomic E-state index is -3.42. The lowest BCUT2D eigenvalue weighted by atomic mass is 10.0. The van der Waals surface area contributed by atoms with Crippen LogP contribution in [0.1, 0.15) is 24.9 Å². The molecule has 4 N–H and O–H groups in total. The molecule has 17 heavy (non-hydrogen) atoms. The zero-order chi connectivity index (χ0) is 12.9. The lowest BCUT2D eigenvalue weighted by molar-refractivity contribution is 0.473. The maximum absolute atomic E-state index is 10.8. The number of sulfonamides is 1. The van der Waals surface area contributed by atoms with Gasteiger partial charge in [-0.15, -0.1) is 0 Å². The monoisotopic (exact) mass is 258 g/mol. The van der Waals surface area contributed by atoms with Gasteiger partial charge in [0.15, 0.2) is 0 Å². The summed E-state index contributed by atoms with van der Waals surface area (Å²) in [5.74, 6) is 0.134. The van der Waals surface area contributed by atoms with Crippen molar-refractivity contribution in [1.29, 1.82) is 0 Å². The van der Waals surface area contributed by atoms with Crippen molar-refractivity contribution in [2.45, 2.75) is 19.4 Å². The normalized spacial score (nSPS) is 13.5. The molecule has 0 bridgehead atoms. The SMILES string of the molecule is CCC(NCCS(N)(=O)=O)c1ccc(O)cc1. The zero-order valence-corrected chi connectivity index (χ0v) is 10.6. The van der Waals surface area contributed by atoms with Crippen molar-refractivity contribution in [3.05, 3.63) is 29.8 Å². The number of benzene rings is 1. The van der Waals surface area contributed by atoms with Crippen LogP contribution in [0.25, 0.3) is 0 Å². The average Bonchev–Trinajstić information content (AvgIpc) is 2.24. The van der Waals surface area contributed by atoms with Crippen LogP contribution in [0.15, 0.2) is 24.3 Å². The van der Waals surface area contributed by atoms with Gasteiger partial charge in [-0.25, -0.2) is 13.6 Å². The Balaban J connectivity index is 2.57. The number of aromatic hydroxyl groups is 1. The van der Waals surface area contributed by atoms with Gasteiger partial charge in [0.05, 0.1) is 5.75 Å². The molecule has 96 valence electrons. The van der Waals surface area contributed by atoms with Gasteiger partial charge in [0.1, 0.15) is 5.75 Å². The van der Waals surface area contributed by atoms with E-state index in [0.717, 1.165) is 12.0 Å². The molecule has 0 aliphatic carbocycles. The third-order valence-corrected chi connectivity index (χ3v) is 3.25. The molecule has 0 amide bonds. The van der Waals surface area contributed by atoms with Gasteiger partial charge < -0.3 is 10.4 Å². The lowest BCUT2D eigenvalue weighted by Gasteiger charge is -2.17. The first-order chi connectivity index (χ1) is 7.92. The van der Waals surface area contributed by atoms with Crippen LogP contribution in [-0.2, 0) is 10.0 Å². The van der Waals surface area contributed by atoms with Crippen LogP contribution < -0.4 is 10.5 Å². The summed E-state index contributed by atoms with van der Waals surface area (Å²) in [6.45, 7) is 2.32. The topological polar surface area (TPSA) is 92.4 Å². The molecule has 0 saturated heterocycles. The van der Waals surface area contributed by atoms with Crippen LogP contribution in [0.2, 0.25) is 0 Å². The van der Waals surface area contributed by atoms with Crippen LogP contribution in [0.3, 0.4) is 0 Å². The number of rotatable bonds is 6. The fourth-order valence-electron chi connectivity index (χ4n) is 1.58. The molecule has 1 unspecified atom stereocenters. The molecule has 0 radical (unpaired) electrons. The molecule has 0 aromatic heterocycles. The van der Waals surface area contributed by atoms with E-state index >= 15 is 0 Å². The second-order valence-electron chi connectivity index (χ2n) is 3.87. The van der Waals surface area contributed by atoms with Crippen LogP contribution in [0.5, 0.6) is 5.75 Å². The molecule has 5 nitrogen and oxygen atoms in total. The third-order valence-electron chi connectivity index (χ3n) is 2.48. The standard InChI is InChI=1S/C11H18N2O3S/c1-2-11(13-7-8-17(12,15)16)9-3-5-10(14)6-4-9/h3-6,11,13-14H,2,7-8H2,1H3,(H2,12,15,16). The number of phenolic OH excluding ortho intramolecular Hbond substituents is 1. The molecule has 0 aliphatic rings. The van der Waals surface area contributed by atoms with Crippen LogP contribution in [0, 0.1) is 0 Å². The van der Waals surface area contributed by atoms with Crippen molar-refractivity contribution in [3.8, 4) is 5.75 Å². The lowest BCUT2D eigenvalue weighted by Crippen LogP contribution is -2.29. The Morgan fingerprint density at radius 2 is 1.94 bits per heavy atom. The van der Waals surface area contributed by atoms with E-state index in [1.165, 1.54) is 0 Å². The van der Waals surface area contributed by atoms with Gasteiger partial charge in [-0.05, 0) is 24.1 Å². The number of primary sulfonamides is 1. The maximum atomic E-state index is 10.8. The minimum Gasteiger partial charge on any atom is -0.508 e. The molecule has 0 aliphatic heterocycles. The van der Waals surface area contributed by atoms with Crippen molar-refractivity contribution in [1.82, 2.24) is 5.32 Å². The van der Waals surface area contributed by atoms with Crippen molar-refractivity contribution >= 4 is 10.0 Å². The largest absolute Gasteiger partial charge is 0.508 e. The van der Waals surface area contributed by atoms with Crippen molar-refractivity contribution in [3.63, 3.8) is 0 Å². The van der Waals surface area contributed by atoms with Gasteiger partial charge in [-0.3, -0.25) is 0 Å². The highest BCUT2D eigenvalue weighted by Gasteiger charge is 2.10. The first kappa shape index (κ1) is 14.0. The second-order valence-corrected chi connectivity index (χ2v) is 5.61. The van der Waals surface area contributed by atoms with E-state index < -0.39 is 10.0 Å². The fourth-order valence-corrected chi connectivity index (χ4v) is 1.98. The molecular weight excluding hydrogens is 240 g/mol. The van der Waals surface area contributed by atoms with Crippen LogP contribution in [-0.4, -0.2) is 25.8 Å². The van der Waals surface area contributed by atoms with E-state index in [1.54, 1.807) is 12.1 Å². The Morgan fingerprint density at radius 1 is 1.35 bits per heavy atom. The summed E-state index contributed by atoms with van der Waals surface area (Å²) in [5, 5.41) is 17.2. The van der Waals surface area contributed by atoms with Gasteiger partial charge in [0.2, 0.25) is 10.0 Å². The van der Waals surface area contributed by atoms with Gasteiger partial charge >= 0.3 is 0 Å². The van der Waals surface area contributed by atoms with Gasteiger partial charge in [-0.1, -0.05) is 19.1 Å². The average molecular weight is 258 g/mol. The van der Waals surface area contributed by atoms with Crippen LogP contribution in [0.4, 0.5) is 0 Å². The molecule has 1 rings (SSSR count). The summed E-state index contributed by atoms with van der Waals surface area (Å²) < 4.78 is 21.6. The summed E-state index contributed by atoms with van der Waals surface area (Å²) in [5.41, 5.74) is 1.01. The second kappa shape index (κ2) is 6.00. The molecule has 1 aromatic rings. The summed E-state index contributed by atoms with van der Waals surface area (Å²) in [7, 11) is -3.42. The number of phenols is 1. The van der Waals surface area contributed by atoms with E-state index in [1.807, 2.05) is 19.1 Å². The number of hydrogen-bond donors (Lipinski definition) is 3. The summed E-state index contributed by atoms with van der Waals surface area (Å²) >= 11 is 0. The smallest absolute Gasteiger partial charge is 0.210 e. The highest BCUT2D eigenvalue weighted by atomic mass is 32.2. The molecule has 1 aromatic carbocycles. The first-order valence-electron chi connectivity index (χ1n) is 5.45. The number of hydrogen-bond acceptors (Lipinski definition) is 4. The Morgan fingerprint density at radius 3 is 2.41 bits per heavy atom. The maximum Gasteiger partial charge on any atom is 0.210 e. The molecule has 0 saturated carbocycles. The predicted molar refractivity (Wildman–Crippen MR) is 67.1 cm³/mol. The number of nitrogens with two attached hydrogens (primary N) is 1. The molecule has 6 heteroatoms. The van der Waals surface area contributed by atoms with E-state index in [0.29, 0.717) is 6.54 Å². The fraction of sp³-hybridized carbons (Fsp3) is 0.455. The molecule has 0 heterocycles. The Labute approximate surface area is 102 Å². The third kappa shape index (κ3) is 5.16. The van der Waals surface area contributed by atoms with Crippen LogP contribution >= 0.6 is 0 Å². The van der Waals surface area contributed by atoms with Gasteiger partial charge in [0, 0.05) is 12.6 Å². The van der Waals surface area contributed by atoms with Crippen molar-refractivity contribution < 1.29 is 13.5 Å². The highest BCUT2D eigenvalue weighted by molar-refractivity contribution is 7.89. The minimum absolute atomic E-state index is 0.0670. The molecule has 0 spiro atoms. The Kier molecular flexibility index (Phi) is 4.92. The van der Waals surface area contributed by atoms with E-state index in [9.17, 15) is 13.5 Å². The predicted octanol–water partition coefficient (Wildman–Crippen LogP) is 0.721. The van der Waals surface area contributed by atoms with E-state index in [-0.39, 0.29) is 17.5 Å². The quantitative estimate of drug-likeness (QED) is 0.701. The summed E-state index contributed by atoms with van der Waals surface area (Å²) in [6.07, 6.45) is 0.829. The zero-order valence-electron chi connectivity index (χ0n) is 9.76. The van der Waals surface area contributed by atoms with Crippen molar-refractivity contribution in [2.75, 3.05) is 12.3 Å². The summed E-state index contributed by atoms with van der Waals surface area (Å²) in [4.78, 5) is 0. The molecule has 1 atom stereocenters. The van der Waals surface area contributed by atoms with Crippen molar-refractivity contribution in [2.24, 2.45) is 5.14 Å². The van der Waals surface area contributed by atoms with Gasteiger partial charge in [0.25, 0.3) is 0 Å². The molecular formula is C11H18N2O3S. The molecule has 0 fully saturated rings.